The first kappa shape index (κ1) is 32.4. The lowest BCUT2D eigenvalue weighted by Crippen LogP contribution is -2.42. The van der Waals surface area contributed by atoms with Crippen LogP contribution in [-0.2, 0) is 21.4 Å². The number of carbonyl (C=O) groups excluding carboxylic acids is 2. The standard InChI is InChI=1S/C36H33F4N5O4/c1-2-34(47)45-11-12-48-32-18-30(28(40)17-31(32)45)44-9-7-36(8-10-44)19-22(24-5-4-23(37)16-25(24)36)15-33(46)42-29(35-43-41-20-49-35)14-21-3-6-26(38)27(39)13-21/h2-6,13,16-18,20,22,29H,1,7-12,14-15,19H2,(H,42,46)/t22-,29?/m1/s1. The van der Waals surface area contributed by atoms with Gasteiger partial charge in [0.2, 0.25) is 18.2 Å². The fraction of sp³-hybridized carbons (Fsp3) is 0.333. The van der Waals surface area contributed by atoms with Gasteiger partial charge in [-0.15, -0.1) is 10.2 Å². The van der Waals surface area contributed by atoms with Crippen LogP contribution < -0.4 is 19.9 Å². The summed E-state index contributed by atoms with van der Waals surface area (Å²) in [7, 11) is 0. The van der Waals surface area contributed by atoms with E-state index < -0.39 is 28.9 Å². The summed E-state index contributed by atoms with van der Waals surface area (Å²) in [6, 6.07) is 10.3. The van der Waals surface area contributed by atoms with E-state index in [1.165, 1.54) is 29.2 Å². The number of anilines is 2. The van der Waals surface area contributed by atoms with Crippen molar-refractivity contribution in [3.8, 4) is 5.75 Å². The van der Waals surface area contributed by atoms with E-state index in [-0.39, 0.29) is 48.9 Å². The van der Waals surface area contributed by atoms with E-state index in [1.807, 2.05) is 4.90 Å². The Hall–Kier alpha value is -5.20. The molecule has 7 rings (SSSR count). The number of piperidine rings is 1. The van der Waals surface area contributed by atoms with E-state index in [0.29, 0.717) is 61.6 Å². The predicted molar refractivity (Wildman–Crippen MR) is 171 cm³/mol. The van der Waals surface area contributed by atoms with Crippen LogP contribution in [0.15, 0.2) is 72.0 Å². The van der Waals surface area contributed by atoms with Crippen molar-refractivity contribution in [2.45, 2.75) is 49.5 Å². The second kappa shape index (κ2) is 13.0. The molecule has 2 aliphatic heterocycles. The lowest BCUT2D eigenvalue weighted by molar-refractivity contribution is -0.122. The van der Waals surface area contributed by atoms with Crippen molar-refractivity contribution in [3.05, 3.63) is 113 Å². The van der Waals surface area contributed by atoms with E-state index in [4.69, 9.17) is 9.15 Å². The van der Waals surface area contributed by atoms with Crippen molar-refractivity contribution in [2.75, 3.05) is 36.0 Å². The number of carbonyl (C=O) groups is 2. The van der Waals surface area contributed by atoms with Gasteiger partial charge in [-0.25, -0.2) is 17.6 Å². The van der Waals surface area contributed by atoms with E-state index in [0.717, 1.165) is 29.7 Å². The zero-order valence-electron chi connectivity index (χ0n) is 26.4. The topological polar surface area (TPSA) is 101 Å². The Morgan fingerprint density at radius 1 is 1.00 bits per heavy atom. The third-order valence-corrected chi connectivity index (χ3v) is 9.92. The largest absolute Gasteiger partial charge is 0.489 e. The first-order valence-electron chi connectivity index (χ1n) is 16.1. The molecule has 4 aromatic rings. The molecule has 2 amide bonds. The Morgan fingerprint density at radius 3 is 2.55 bits per heavy atom. The monoisotopic (exact) mass is 675 g/mol. The minimum absolute atomic E-state index is 0.0865. The molecule has 3 aromatic carbocycles. The summed E-state index contributed by atoms with van der Waals surface area (Å²) in [5, 5.41) is 10.5. The second-order valence-electron chi connectivity index (χ2n) is 12.8. The van der Waals surface area contributed by atoms with Gasteiger partial charge in [0.05, 0.1) is 17.9 Å². The maximum absolute atomic E-state index is 15.5. The van der Waals surface area contributed by atoms with Crippen LogP contribution in [0.2, 0.25) is 0 Å². The molecule has 13 heteroatoms. The minimum atomic E-state index is -1.01. The van der Waals surface area contributed by atoms with Gasteiger partial charge in [-0.05, 0) is 77.6 Å². The highest BCUT2D eigenvalue weighted by Gasteiger charge is 2.46. The predicted octanol–water partition coefficient (Wildman–Crippen LogP) is 6.05. The van der Waals surface area contributed by atoms with Crippen molar-refractivity contribution in [1.29, 1.82) is 0 Å². The van der Waals surface area contributed by atoms with Crippen molar-refractivity contribution in [3.63, 3.8) is 0 Å². The molecule has 0 saturated carbocycles. The summed E-state index contributed by atoms with van der Waals surface area (Å²) in [4.78, 5) is 29.2. The van der Waals surface area contributed by atoms with Gasteiger partial charge in [0.1, 0.15) is 30.0 Å². The zero-order chi connectivity index (χ0) is 34.3. The number of hydrogen-bond acceptors (Lipinski definition) is 7. The Labute approximate surface area is 279 Å². The lowest BCUT2D eigenvalue weighted by Gasteiger charge is -2.42. The maximum Gasteiger partial charge on any atom is 0.250 e. The smallest absolute Gasteiger partial charge is 0.250 e. The number of fused-ring (bicyclic) bond motifs is 3. The molecule has 1 spiro atoms. The van der Waals surface area contributed by atoms with Gasteiger partial charge in [0.15, 0.2) is 11.6 Å². The fourth-order valence-electron chi connectivity index (χ4n) is 7.59. The molecule has 1 aliphatic carbocycles. The minimum Gasteiger partial charge on any atom is -0.489 e. The maximum atomic E-state index is 15.5. The highest BCUT2D eigenvalue weighted by atomic mass is 19.2. The van der Waals surface area contributed by atoms with Gasteiger partial charge in [-0.3, -0.25) is 9.59 Å². The molecule has 1 N–H and O–H groups in total. The van der Waals surface area contributed by atoms with Crippen LogP contribution in [0.4, 0.5) is 28.9 Å². The third-order valence-electron chi connectivity index (χ3n) is 9.92. The zero-order valence-corrected chi connectivity index (χ0v) is 26.4. The molecule has 1 aromatic heterocycles. The number of ether oxygens (including phenoxy) is 1. The molecule has 3 heterocycles. The first-order valence-corrected chi connectivity index (χ1v) is 16.1. The van der Waals surface area contributed by atoms with Gasteiger partial charge in [-0.2, -0.15) is 0 Å². The van der Waals surface area contributed by atoms with Gasteiger partial charge in [-0.1, -0.05) is 18.7 Å². The summed E-state index contributed by atoms with van der Waals surface area (Å²) < 4.78 is 68.8. The molecule has 1 unspecified atom stereocenters. The van der Waals surface area contributed by atoms with E-state index in [9.17, 15) is 22.8 Å². The number of nitrogens with zero attached hydrogens (tertiary/aromatic N) is 4. The van der Waals surface area contributed by atoms with E-state index in [2.05, 4.69) is 22.1 Å². The molecule has 254 valence electrons. The van der Waals surface area contributed by atoms with Crippen molar-refractivity contribution < 1.29 is 36.3 Å². The number of aromatic nitrogens is 2. The Kier molecular flexibility index (Phi) is 8.59. The number of benzene rings is 3. The molecule has 9 nitrogen and oxygen atoms in total. The molecule has 2 atom stereocenters. The number of rotatable bonds is 8. The van der Waals surface area contributed by atoms with Crippen LogP contribution in [0, 0.1) is 23.3 Å². The van der Waals surface area contributed by atoms with Crippen LogP contribution in [0.1, 0.15) is 60.2 Å². The fourth-order valence-corrected chi connectivity index (χ4v) is 7.59. The summed E-state index contributed by atoms with van der Waals surface area (Å²) in [5.41, 5.74) is 2.47. The Bertz CT molecular complexity index is 1910. The van der Waals surface area contributed by atoms with Crippen LogP contribution in [0.5, 0.6) is 5.75 Å². The van der Waals surface area contributed by atoms with Crippen LogP contribution in [0.25, 0.3) is 0 Å². The average molecular weight is 676 g/mol. The average Bonchev–Trinajstić information content (AvgIpc) is 3.73. The third kappa shape index (κ3) is 6.25. The molecule has 1 saturated heterocycles. The van der Waals surface area contributed by atoms with Gasteiger partial charge in [0, 0.05) is 38.1 Å². The van der Waals surface area contributed by atoms with Crippen molar-refractivity contribution >= 4 is 23.2 Å². The molecule has 49 heavy (non-hydrogen) atoms. The molecular formula is C36H33F4N5O4. The molecule has 0 radical (unpaired) electrons. The molecular weight excluding hydrogens is 642 g/mol. The van der Waals surface area contributed by atoms with E-state index >= 15 is 4.39 Å². The summed E-state index contributed by atoms with van der Waals surface area (Å²) in [6.45, 7) is 5.06. The number of halogens is 4. The SMILES string of the molecule is C=CC(=O)N1CCOc2cc(N3CCC4(CC3)C[C@@H](CC(=O)NC(Cc3ccc(F)c(F)c3)c3nnco3)c3ccc(F)cc34)c(F)cc21. The van der Waals surface area contributed by atoms with Gasteiger partial charge in [0.25, 0.3) is 5.91 Å². The van der Waals surface area contributed by atoms with Crippen LogP contribution in [0.3, 0.4) is 0 Å². The summed E-state index contributed by atoms with van der Waals surface area (Å²) in [6.07, 6.45) is 4.27. The van der Waals surface area contributed by atoms with Gasteiger partial charge >= 0.3 is 0 Å². The lowest BCUT2D eigenvalue weighted by atomic mass is 9.73. The van der Waals surface area contributed by atoms with Crippen LogP contribution >= 0.6 is 0 Å². The highest BCUT2D eigenvalue weighted by molar-refractivity contribution is 6.02. The highest BCUT2D eigenvalue weighted by Crippen LogP contribution is 2.53. The molecule has 3 aliphatic rings. The van der Waals surface area contributed by atoms with E-state index in [1.54, 1.807) is 18.2 Å². The quantitative estimate of drug-likeness (QED) is 0.179. The summed E-state index contributed by atoms with van der Waals surface area (Å²) >= 11 is 0. The number of nitrogens with one attached hydrogen (secondary N) is 1. The first-order chi connectivity index (χ1) is 23.6. The van der Waals surface area contributed by atoms with Gasteiger partial charge < -0.3 is 24.3 Å². The van der Waals surface area contributed by atoms with Crippen molar-refractivity contribution in [2.24, 2.45) is 0 Å². The number of amides is 2. The normalized spacial score (nSPS) is 18.4. The van der Waals surface area contributed by atoms with Crippen molar-refractivity contribution in [1.82, 2.24) is 15.5 Å². The Morgan fingerprint density at radius 2 is 1.82 bits per heavy atom. The molecule has 0 bridgehead atoms. The van der Waals surface area contributed by atoms with Crippen LogP contribution in [-0.4, -0.2) is 48.3 Å². The second-order valence-corrected chi connectivity index (χ2v) is 12.8. The summed E-state index contributed by atoms with van der Waals surface area (Å²) in [5.74, 6) is -3.17. The molecule has 1 fully saturated rings. The Balaban J connectivity index is 1.07. The number of hydrogen-bond donors (Lipinski definition) is 1.